The highest BCUT2D eigenvalue weighted by Crippen LogP contribution is 2.15. The van der Waals surface area contributed by atoms with Gasteiger partial charge in [-0.2, -0.15) is 0 Å². The Balaban J connectivity index is 3.06. The molecule has 0 saturated carbocycles. The molecule has 0 aliphatic rings. The molecule has 0 amide bonds. The van der Waals surface area contributed by atoms with Crippen molar-refractivity contribution >= 4 is 9.84 Å². The van der Waals surface area contributed by atoms with Crippen LogP contribution in [0.4, 0.5) is 0 Å². The number of benzene rings is 1. The van der Waals surface area contributed by atoms with Crippen LogP contribution in [0, 0.1) is 0 Å². The van der Waals surface area contributed by atoms with E-state index >= 15 is 0 Å². The predicted molar refractivity (Wildman–Crippen MR) is 56.8 cm³/mol. The van der Waals surface area contributed by atoms with E-state index in [2.05, 4.69) is 0 Å². The van der Waals surface area contributed by atoms with Crippen molar-refractivity contribution in [1.29, 1.82) is 0 Å². The third-order valence-corrected chi connectivity index (χ3v) is 3.90. The molecular formula is C10H15NO2S. The third kappa shape index (κ3) is 2.33. The summed E-state index contributed by atoms with van der Waals surface area (Å²) in [6.45, 7) is 3.50. The lowest BCUT2D eigenvalue weighted by molar-refractivity contribution is 0.597. The molecule has 0 saturated heterocycles. The molecular weight excluding hydrogens is 198 g/mol. The van der Waals surface area contributed by atoms with Crippen LogP contribution in [0.25, 0.3) is 0 Å². The number of nitrogens with two attached hydrogens (primary N) is 1. The van der Waals surface area contributed by atoms with Crippen LogP contribution in [0.15, 0.2) is 29.2 Å². The van der Waals surface area contributed by atoms with Crippen molar-refractivity contribution in [2.45, 2.75) is 24.8 Å². The first kappa shape index (κ1) is 11.2. The summed E-state index contributed by atoms with van der Waals surface area (Å²) in [5.74, 6) is 0.129. The van der Waals surface area contributed by atoms with Crippen molar-refractivity contribution in [3.8, 4) is 0 Å². The van der Waals surface area contributed by atoms with Gasteiger partial charge in [0.2, 0.25) is 0 Å². The minimum atomic E-state index is -3.08. The monoisotopic (exact) mass is 213 g/mol. The summed E-state index contributed by atoms with van der Waals surface area (Å²) in [5.41, 5.74) is 6.60. The molecule has 0 aliphatic carbocycles. The fourth-order valence-corrected chi connectivity index (χ4v) is 2.03. The van der Waals surface area contributed by atoms with E-state index in [4.69, 9.17) is 5.73 Å². The van der Waals surface area contributed by atoms with Gasteiger partial charge in [-0.3, -0.25) is 0 Å². The zero-order valence-electron chi connectivity index (χ0n) is 8.40. The van der Waals surface area contributed by atoms with Gasteiger partial charge < -0.3 is 5.73 Å². The normalized spacial score (nSPS) is 13.9. The van der Waals surface area contributed by atoms with E-state index in [-0.39, 0.29) is 11.8 Å². The third-order valence-electron chi connectivity index (χ3n) is 2.15. The molecule has 1 atom stereocenters. The van der Waals surface area contributed by atoms with E-state index in [0.717, 1.165) is 5.56 Å². The molecule has 1 unspecified atom stereocenters. The Morgan fingerprint density at radius 2 is 1.79 bits per heavy atom. The molecule has 4 heteroatoms. The Labute approximate surface area is 84.9 Å². The van der Waals surface area contributed by atoms with Gasteiger partial charge in [0, 0.05) is 6.04 Å². The summed E-state index contributed by atoms with van der Waals surface area (Å²) < 4.78 is 22.9. The van der Waals surface area contributed by atoms with Crippen LogP contribution in [-0.4, -0.2) is 14.2 Å². The summed E-state index contributed by atoms with van der Waals surface area (Å²) in [6.07, 6.45) is 0. The molecule has 0 bridgehead atoms. The van der Waals surface area contributed by atoms with E-state index < -0.39 is 9.84 Å². The van der Waals surface area contributed by atoms with E-state index in [1.54, 1.807) is 31.2 Å². The maximum absolute atomic E-state index is 11.5. The molecule has 1 aromatic carbocycles. The van der Waals surface area contributed by atoms with Crippen molar-refractivity contribution in [2.75, 3.05) is 5.75 Å². The van der Waals surface area contributed by atoms with E-state index in [1.807, 2.05) is 6.92 Å². The average Bonchev–Trinajstić information content (AvgIpc) is 2.18. The van der Waals surface area contributed by atoms with Crippen LogP contribution >= 0.6 is 0 Å². The molecule has 0 radical (unpaired) electrons. The minimum absolute atomic E-state index is 0.0617. The molecule has 0 aliphatic heterocycles. The first-order chi connectivity index (χ1) is 6.47. The summed E-state index contributed by atoms with van der Waals surface area (Å²) in [6, 6.07) is 6.67. The SMILES string of the molecule is CCS(=O)(=O)c1ccc(C(C)N)cc1. The lowest BCUT2D eigenvalue weighted by atomic mass is 10.1. The number of hydrogen-bond donors (Lipinski definition) is 1. The molecule has 2 N–H and O–H groups in total. The van der Waals surface area contributed by atoms with Crippen molar-refractivity contribution in [1.82, 2.24) is 0 Å². The average molecular weight is 213 g/mol. The van der Waals surface area contributed by atoms with Gasteiger partial charge in [-0.1, -0.05) is 19.1 Å². The van der Waals surface area contributed by atoms with Crippen LogP contribution in [0.5, 0.6) is 0 Å². The molecule has 14 heavy (non-hydrogen) atoms. The van der Waals surface area contributed by atoms with Gasteiger partial charge in [0.25, 0.3) is 0 Å². The summed E-state index contributed by atoms with van der Waals surface area (Å²) >= 11 is 0. The maximum atomic E-state index is 11.5. The Morgan fingerprint density at radius 1 is 1.29 bits per heavy atom. The number of rotatable bonds is 3. The van der Waals surface area contributed by atoms with Crippen molar-refractivity contribution in [2.24, 2.45) is 5.73 Å². The zero-order valence-corrected chi connectivity index (χ0v) is 9.21. The van der Waals surface area contributed by atoms with Gasteiger partial charge in [0.1, 0.15) is 0 Å². The van der Waals surface area contributed by atoms with Crippen LogP contribution in [-0.2, 0) is 9.84 Å². The fourth-order valence-electron chi connectivity index (χ4n) is 1.15. The second kappa shape index (κ2) is 4.11. The molecule has 0 spiro atoms. The quantitative estimate of drug-likeness (QED) is 0.827. The van der Waals surface area contributed by atoms with E-state index in [9.17, 15) is 8.42 Å². The van der Waals surface area contributed by atoms with Gasteiger partial charge in [-0.25, -0.2) is 8.42 Å². The number of sulfone groups is 1. The van der Waals surface area contributed by atoms with Crippen molar-refractivity contribution < 1.29 is 8.42 Å². The lowest BCUT2D eigenvalue weighted by Gasteiger charge is -2.06. The highest BCUT2D eigenvalue weighted by atomic mass is 32.2. The summed E-state index contributed by atoms with van der Waals surface area (Å²) in [7, 11) is -3.08. The van der Waals surface area contributed by atoms with Gasteiger partial charge in [-0.15, -0.1) is 0 Å². The molecule has 0 aromatic heterocycles. The smallest absolute Gasteiger partial charge is 0.178 e. The second-order valence-electron chi connectivity index (χ2n) is 3.26. The summed E-state index contributed by atoms with van der Waals surface area (Å²) in [5, 5.41) is 0. The van der Waals surface area contributed by atoms with Crippen LogP contribution in [0.1, 0.15) is 25.5 Å². The molecule has 1 rings (SSSR count). The Morgan fingerprint density at radius 3 is 2.14 bits per heavy atom. The van der Waals surface area contributed by atoms with Gasteiger partial charge >= 0.3 is 0 Å². The van der Waals surface area contributed by atoms with Crippen LogP contribution in [0.2, 0.25) is 0 Å². The molecule has 0 heterocycles. The zero-order chi connectivity index (χ0) is 10.8. The van der Waals surface area contributed by atoms with Crippen molar-refractivity contribution in [3.63, 3.8) is 0 Å². The molecule has 78 valence electrons. The minimum Gasteiger partial charge on any atom is -0.324 e. The van der Waals surface area contributed by atoms with Crippen molar-refractivity contribution in [3.05, 3.63) is 29.8 Å². The van der Waals surface area contributed by atoms with Crippen LogP contribution in [0.3, 0.4) is 0 Å². The number of hydrogen-bond acceptors (Lipinski definition) is 3. The topological polar surface area (TPSA) is 60.2 Å². The highest BCUT2D eigenvalue weighted by molar-refractivity contribution is 7.91. The van der Waals surface area contributed by atoms with Crippen LogP contribution < -0.4 is 5.73 Å². The maximum Gasteiger partial charge on any atom is 0.178 e. The summed E-state index contributed by atoms with van der Waals surface area (Å²) in [4.78, 5) is 0.365. The van der Waals surface area contributed by atoms with E-state index in [0.29, 0.717) is 4.90 Å². The Kier molecular flexibility index (Phi) is 3.29. The fraction of sp³-hybridized carbons (Fsp3) is 0.400. The van der Waals surface area contributed by atoms with Gasteiger partial charge in [0.05, 0.1) is 10.6 Å². The Hall–Kier alpha value is -0.870. The standard InChI is InChI=1S/C10H15NO2S/c1-3-14(12,13)10-6-4-9(5-7-10)8(2)11/h4-8H,3,11H2,1-2H3. The first-order valence-corrected chi connectivity index (χ1v) is 6.21. The highest BCUT2D eigenvalue weighted by Gasteiger charge is 2.11. The largest absolute Gasteiger partial charge is 0.324 e. The van der Waals surface area contributed by atoms with Gasteiger partial charge in [0.15, 0.2) is 9.84 Å². The molecule has 1 aromatic rings. The lowest BCUT2D eigenvalue weighted by Crippen LogP contribution is -2.07. The molecule has 3 nitrogen and oxygen atoms in total. The second-order valence-corrected chi connectivity index (χ2v) is 5.54. The Bertz CT molecular complexity index is 393. The van der Waals surface area contributed by atoms with E-state index in [1.165, 1.54) is 0 Å². The van der Waals surface area contributed by atoms with Gasteiger partial charge in [-0.05, 0) is 24.6 Å². The first-order valence-electron chi connectivity index (χ1n) is 4.55. The molecule has 0 fully saturated rings. The predicted octanol–water partition coefficient (Wildman–Crippen LogP) is 1.50.